The fraction of sp³-hybridized carbons (Fsp3) is 1.00. The van der Waals surface area contributed by atoms with E-state index < -0.39 is 0 Å². The summed E-state index contributed by atoms with van der Waals surface area (Å²) in [5.74, 6) is 0. The van der Waals surface area contributed by atoms with Gasteiger partial charge in [-0.15, -0.1) is 0 Å². The smallest absolute Gasteiger partial charge is 0.0623 e. The van der Waals surface area contributed by atoms with Gasteiger partial charge in [-0.2, -0.15) is 0 Å². The molecule has 3 heteroatoms. The van der Waals surface area contributed by atoms with Crippen LogP contribution in [0.3, 0.4) is 0 Å². The third-order valence-electron chi connectivity index (χ3n) is 2.39. The van der Waals surface area contributed by atoms with Crippen molar-refractivity contribution in [3.63, 3.8) is 0 Å². The van der Waals surface area contributed by atoms with E-state index in [9.17, 15) is 0 Å². The van der Waals surface area contributed by atoms with Gasteiger partial charge in [-0.3, -0.25) is 4.90 Å². The van der Waals surface area contributed by atoms with Gasteiger partial charge in [-0.25, -0.2) is 0 Å². The predicted molar refractivity (Wildman–Crippen MR) is 38.8 cm³/mol. The molecular formula is C7H14N2O. The molecule has 0 aromatic heterocycles. The summed E-state index contributed by atoms with van der Waals surface area (Å²) in [5, 5.41) is 0. The zero-order valence-electron chi connectivity index (χ0n) is 6.12. The Kier molecular flexibility index (Phi) is 1.64. The average molecular weight is 142 g/mol. The van der Waals surface area contributed by atoms with Crippen molar-refractivity contribution in [2.45, 2.75) is 18.5 Å². The van der Waals surface area contributed by atoms with Gasteiger partial charge in [0.05, 0.1) is 13.2 Å². The van der Waals surface area contributed by atoms with Gasteiger partial charge >= 0.3 is 0 Å². The lowest BCUT2D eigenvalue weighted by atomic mass is 10.2. The first kappa shape index (κ1) is 6.58. The van der Waals surface area contributed by atoms with E-state index in [0.29, 0.717) is 12.1 Å². The summed E-state index contributed by atoms with van der Waals surface area (Å²) in [5.41, 5.74) is 5.80. The van der Waals surface area contributed by atoms with Crippen molar-refractivity contribution in [2.75, 3.05) is 26.3 Å². The largest absolute Gasteiger partial charge is 0.378 e. The summed E-state index contributed by atoms with van der Waals surface area (Å²) in [6.45, 7) is 3.95. The summed E-state index contributed by atoms with van der Waals surface area (Å²) < 4.78 is 5.33. The molecule has 0 saturated carbocycles. The third-order valence-corrected chi connectivity index (χ3v) is 2.39. The van der Waals surface area contributed by atoms with Gasteiger partial charge in [0, 0.05) is 25.2 Å². The van der Waals surface area contributed by atoms with Crippen molar-refractivity contribution in [2.24, 2.45) is 5.73 Å². The minimum absolute atomic E-state index is 0.395. The highest BCUT2D eigenvalue weighted by molar-refractivity contribution is 4.88. The highest BCUT2D eigenvalue weighted by Gasteiger charge is 2.31. The maximum atomic E-state index is 5.80. The zero-order valence-corrected chi connectivity index (χ0v) is 6.12. The molecule has 2 aliphatic rings. The van der Waals surface area contributed by atoms with Crippen LogP contribution in [0, 0.1) is 0 Å². The van der Waals surface area contributed by atoms with Gasteiger partial charge in [0.1, 0.15) is 0 Å². The maximum Gasteiger partial charge on any atom is 0.0623 e. The number of fused-ring (bicyclic) bond motifs is 1. The van der Waals surface area contributed by atoms with E-state index in [4.69, 9.17) is 10.5 Å². The lowest BCUT2D eigenvalue weighted by molar-refractivity contribution is 0.0128. The number of nitrogens with two attached hydrogens (primary N) is 1. The Hall–Kier alpha value is -0.120. The van der Waals surface area contributed by atoms with E-state index in [2.05, 4.69) is 4.90 Å². The topological polar surface area (TPSA) is 38.5 Å². The number of rotatable bonds is 0. The normalized spacial score (nSPS) is 41.7. The number of hydrogen-bond acceptors (Lipinski definition) is 3. The van der Waals surface area contributed by atoms with Gasteiger partial charge in [-0.05, 0) is 6.42 Å². The molecule has 2 N–H and O–H groups in total. The second-order valence-corrected chi connectivity index (χ2v) is 3.22. The molecule has 2 unspecified atom stereocenters. The minimum Gasteiger partial charge on any atom is -0.378 e. The van der Waals surface area contributed by atoms with Gasteiger partial charge in [0.15, 0.2) is 0 Å². The molecule has 2 saturated heterocycles. The van der Waals surface area contributed by atoms with Crippen LogP contribution < -0.4 is 5.73 Å². The molecule has 2 atom stereocenters. The molecule has 0 bridgehead atoms. The van der Waals surface area contributed by atoms with E-state index >= 15 is 0 Å². The van der Waals surface area contributed by atoms with Crippen molar-refractivity contribution < 1.29 is 4.74 Å². The van der Waals surface area contributed by atoms with Crippen LogP contribution in [0.2, 0.25) is 0 Å². The maximum absolute atomic E-state index is 5.80. The Balaban J connectivity index is 1.97. The Bertz CT molecular complexity index is 115. The molecule has 0 radical (unpaired) electrons. The van der Waals surface area contributed by atoms with Gasteiger partial charge in [0.25, 0.3) is 0 Å². The first-order valence-corrected chi connectivity index (χ1v) is 3.93. The quantitative estimate of drug-likeness (QED) is 0.491. The molecule has 2 rings (SSSR count). The average Bonchev–Trinajstić information content (AvgIpc) is 2.27. The highest BCUT2D eigenvalue weighted by Crippen LogP contribution is 2.18. The molecule has 0 spiro atoms. The van der Waals surface area contributed by atoms with Crippen LogP contribution in [0.15, 0.2) is 0 Å². The molecule has 0 aromatic carbocycles. The van der Waals surface area contributed by atoms with Crippen molar-refractivity contribution >= 4 is 0 Å². The zero-order chi connectivity index (χ0) is 6.97. The summed E-state index contributed by atoms with van der Waals surface area (Å²) in [6, 6.07) is 1.02. The van der Waals surface area contributed by atoms with Crippen molar-refractivity contribution in [3.05, 3.63) is 0 Å². The predicted octanol–water partition coefficient (Wildman–Crippen LogP) is -0.582. The van der Waals surface area contributed by atoms with E-state index in [-0.39, 0.29) is 0 Å². The van der Waals surface area contributed by atoms with Crippen LogP contribution in [0.25, 0.3) is 0 Å². The van der Waals surface area contributed by atoms with Crippen molar-refractivity contribution in [3.8, 4) is 0 Å². The van der Waals surface area contributed by atoms with Gasteiger partial charge in [0.2, 0.25) is 0 Å². The summed E-state index contributed by atoms with van der Waals surface area (Å²) in [6.07, 6.45) is 1.12. The Labute approximate surface area is 61.1 Å². The van der Waals surface area contributed by atoms with Crippen LogP contribution in [-0.2, 0) is 4.74 Å². The number of hydrogen-bond donors (Lipinski definition) is 1. The van der Waals surface area contributed by atoms with Crippen LogP contribution in [-0.4, -0.2) is 43.3 Å². The van der Waals surface area contributed by atoms with Crippen molar-refractivity contribution in [1.82, 2.24) is 4.90 Å². The lowest BCUT2D eigenvalue weighted by Crippen LogP contribution is -2.40. The fourth-order valence-electron chi connectivity index (χ4n) is 1.87. The Morgan fingerprint density at radius 1 is 1.50 bits per heavy atom. The first-order valence-electron chi connectivity index (χ1n) is 3.93. The van der Waals surface area contributed by atoms with Crippen LogP contribution in [0.1, 0.15) is 6.42 Å². The van der Waals surface area contributed by atoms with Crippen LogP contribution in [0.4, 0.5) is 0 Å². The molecule has 3 nitrogen and oxygen atoms in total. The minimum atomic E-state index is 0.395. The van der Waals surface area contributed by atoms with E-state index in [1.165, 1.54) is 0 Å². The summed E-state index contributed by atoms with van der Waals surface area (Å²) in [7, 11) is 0. The lowest BCUT2D eigenvalue weighted by Gasteiger charge is -2.28. The standard InChI is InChI=1S/C7H14N2O/c8-6-3-7-5-10-2-1-9(7)4-6/h6-7H,1-5,8H2. The monoisotopic (exact) mass is 142 g/mol. The van der Waals surface area contributed by atoms with Crippen molar-refractivity contribution in [1.29, 1.82) is 0 Å². The number of morpholine rings is 1. The molecule has 58 valence electrons. The van der Waals surface area contributed by atoms with Crippen LogP contribution in [0.5, 0.6) is 0 Å². The second kappa shape index (κ2) is 2.49. The third kappa shape index (κ3) is 1.05. The van der Waals surface area contributed by atoms with E-state index in [1.807, 2.05) is 0 Å². The molecule has 10 heavy (non-hydrogen) atoms. The number of ether oxygens (including phenoxy) is 1. The molecule has 0 amide bonds. The highest BCUT2D eigenvalue weighted by atomic mass is 16.5. The molecule has 0 aliphatic carbocycles. The van der Waals surface area contributed by atoms with E-state index in [1.54, 1.807) is 0 Å². The van der Waals surface area contributed by atoms with Gasteiger partial charge < -0.3 is 10.5 Å². The summed E-state index contributed by atoms with van der Waals surface area (Å²) >= 11 is 0. The molecular weight excluding hydrogens is 128 g/mol. The van der Waals surface area contributed by atoms with E-state index in [0.717, 1.165) is 32.7 Å². The first-order chi connectivity index (χ1) is 4.86. The second-order valence-electron chi connectivity index (χ2n) is 3.22. The molecule has 2 fully saturated rings. The van der Waals surface area contributed by atoms with Crippen LogP contribution >= 0.6 is 0 Å². The Morgan fingerprint density at radius 3 is 3.20 bits per heavy atom. The SMILES string of the molecule is NC1CC2COCCN2C1. The molecule has 0 aromatic rings. The number of nitrogens with zero attached hydrogens (tertiary/aromatic N) is 1. The molecule has 2 aliphatic heterocycles. The summed E-state index contributed by atoms with van der Waals surface area (Å²) in [4.78, 5) is 2.44. The fourth-order valence-corrected chi connectivity index (χ4v) is 1.87. The Morgan fingerprint density at radius 2 is 2.40 bits per heavy atom. The van der Waals surface area contributed by atoms with Gasteiger partial charge in [-0.1, -0.05) is 0 Å². The molecule has 2 heterocycles.